The number of carbonyl (C=O) groups excluding carboxylic acids is 1. The summed E-state index contributed by atoms with van der Waals surface area (Å²) in [4.78, 5) is 17.4. The molecule has 1 amide bonds. The summed E-state index contributed by atoms with van der Waals surface area (Å²) >= 11 is 0. The number of carbonyl (C=O) groups is 1. The molecule has 18 heavy (non-hydrogen) atoms. The summed E-state index contributed by atoms with van der Waals surface area (Å²) < 4.78 is 1.90. The van der Waals surface area contributed by atoms with Crippen molar-refractivity contribution in [1.82, 2.24) is 14.7 Å². The molecule has 0 saturated carbocycles. The molecule has 0 spiro atoms. The average molecular weight is 249 g/mol. The van der Waals surface area contributed by atoms with Crippen molar-refractivity contribution in [2.45, 2.75) is 33.7 Å². The van der Waals surface area contributed by atoms with Crippen molar-refractivity contribution in [2.75, 3.05) is 18.4 Å². The molecule has 0 radical (unpaired) electrons. The van der Waals surface area contributed by atoms with Crippen LogP contribution in [0.25, 0.3) is 0 Å². The van der Waals surface area contributed by atoms with Crippen molar-refractivity contribution >= 4 is 17.7 Å². The summed E-state index contributed by atoms with van der Waals surface area (Å²) in [5.74, 6) is 1.49. The lowest BCUT2D eigenvalue weighted by molar-refractivity contribution is -0.124. The third kappa shape index (κ3) is 2.37. The number of aliphatic imine (C=N–C) groups is 1. The molecule has 1 aromatic heterocycles. The van der Waals surface area contributed by atoms with Crippen LogP contribution in [0.4, 0.5) is 5.82 Å². The zero-order chi connectivity index (χ0) is 13.3. The Balaban J connectivity index is 2.21. The summed E-state index contributed by atoms with van der Waals surface area (Å²) in [7, 11) is 0. The number of nitrogens with one attached hydrogen (secondary N) is 1. The molecule has 1 aromatic rings. The van der Waals surface area contributed by atoms with Gasteiger partial charge in [-0.1, -0.05) is 0 Å². The van der Waals surface area contributed by atoms with Crippen LogP contribution in [0.5, 0.6) is 0 Å². The molecule has 0 saturated heterocycles. The third-order valence-corrected chi connectivity index (χ3v) is 2.81. The Morgan fingerprint density at radius 2 is 2.22 bits per heavy atom. The highest BCUT2D eigenvalue weighted by atomic mass is 16.2. The van der Waals surface area contributed by atoms with Crippen LogP contribution in [-0.4, -0.2) is 39.6 Å². The number of hydrogen-bond acceptors (Lipinski definition) is 4. The number of amides is 1. The number of anilines is 1. The van der Waals surface area contributed by atoms with E-state index in [0.717, 1.165) is 11.5 Å². The monoisotopic (exact) mass is 249 g/mol. The van der Waals surface area contributed by atoms with Crippen molar-refractivity contribution in [3.63, 3.8) is 0 Å². The van der Waals surface area contributed by atoms with E-state index in [9.17, 15) is 4.79 Å². The van der Waals surface area contributed by atoms with E-state index >= 15 is 0 Å². The molecular formula is C12H19N5O. The normalized spacial score (nSPS) is 15.2. The Bertz CT molecular complexity index is 489. The lowest BCUT2D eigenvalue weighted by Crippen LogP contribution is -2.37. The van der Waals surface area contributed by atoms with Crippen LogP contribution in [0.1, 0.15) is 32.5 Å². The van der Waals surface area contributed by atoms with Crippen molar-refractivity contribution in [3.05, 3.63) is 11.8 Å². The van der Waals surface area contributed by atoms with Gasteiger partial charge in [-0.05, 0) is 20.8 Å². The zero-order valence-corrected chi connectivity index (χ0v) is 11.3. The van der Waals surface area contributed by atoms with Crippen molar-refractivity contribution < 1.29 is 4.79 Å². The minimum Gasteiger partial charge on any atom is -0.311 e. The van der Waals surface area contributed by atoms with Crippen LogP contribution in [0, 0.1) is 6.92 Å². The second-order valence-corrected chi connectivity index (χ2v) is 4.71. The van der Waals surface area contributed by atoms with Crippen LogP contribution in [0.2, 0.25) is 0 Å². The summed E-state index contributed by atoms with van der Waals surface area (Å²) in [5.41, 5.74) is 0.944. The Hall–Kier alpha value is -1.85. The lowest BCUT2D eigenvalue weighted by Gasteiger charge is -2.18. The second-order valence-electron chi connectivity index (χ2n) is 4.71. The van der Waals surface area contributed by atoms with E-state index in [0.29, 0.717) is 19.0 Å². The van der Waals surface area contributed by atoms with E-state index in [1.165, 1.54) is 0 Å². The number of rotatable bonds is 2. The number of aromatic nitrogens is 2. The standard InChI is InChI=1S/C12H19N5O/c1-8(2)17-11(7-9(3)15-17)14-12-13-5-6-16(12)10(4)18/h7-8H,5-6H2,1-4H3,(H,13,14). The number of aryl methyl sites for hydroxylation is 1. The van der Waals surface area contributed by atoms with Crippen molar-refractivity contribution in [3.8, 4) is 0 Å². The Kier molecular flexibility index (Phi) is 3.36. The SMILES string of the molecule is CC(=O)N1CCN=C1Nc1cc(C)nn1C(C)C. The van der Waals surface area contributed by atoms with E-state index in [4.69, 9.17) is 0 Å². The molecule has 1 aliphatic heterocycles. The van der Waals surface area contributed by atoms with Crippen molar-refractivity contribution in [2.24, 2.45) is 4.99 Å². The van der Waals surface area contributed by atoms with Gasteiger partial charge in [-0.25, -0.2) is 4.68 Å². The van der Waals surface area contributed by atoms with E-state index in [1.807, 2.05) is 17.7 Å². The largest absolute Gasteiger partial charge is 0.311 e. The van der Waals surface area contributed by atoms with Gasteiger partial charge < -0.3 is 5.32 Å². The predicted molar refractivity (Wildman–Crippen MR) is 70.7 cm³/mol. The highest BCUT2D eigenvalue weighted by Crippen LogP contribution is 2.17. The molecule has 6 nitrogen and oxygen atoms in total. The minimum absolute atomic E-state index is 0.00563. The highest BCUT2D eigenvalue weighted by Gasteiger charge is 2.22. The summed E-state index contributed by atoms with van der Waals surface area (Å²) in [6.45, 7) is 8.92. The minimum atomic E-state index is 0.00563. The quantitative estimate of drug-likeness (QED) is 0.861. The van der Waals surface area contributed by atoms with Gasteiger partial charge in [-0.15, -0.1) is 0 Å². The first-order valence-electron chi connectivity index (χ1n) is 6.14. The summed E-state index contributed by atoms with van der Waals surface area (Å²) in [6, 6.07) is 2.22. The summed E-state index contributed by atoms with van der Waals surface area (Å²) in [6.07, 6.45) is 0. The molecule has 1 aliphatic rings. The Morgan fingerprint density at radius 3 is 2.83 bits per heavy atom. The number of guanidine groups is 1. The third-order valence-electron chi connectivity index (χ3n) is 2.81. The Morgan fingerprint density at radius 1 is 1.50 bits per heavy atom. The first kappa shape index (κ1) is 12.6. The fourth-order valence-corrected chi connectivity index (χ4v) is 1.98. The van der Waals surface area contributed by atoms with Crippen LogP contribution in [-0.2, 0) is 4.79 Å². The van der Waals surface area contributed by atoms with E-state index in [2.05, 4.69) is 29.3 Å². The van der Waals surface area contributed by atoms with Gasteiger partial charge in [0.15, 0.2) is 0 Å². The molecular weight excluding hydrogens is 230 g/mol. The molecule has 1 N–H and O–H groups in total. The maximum absolute atomic E-state index is 11.5. The molecule has 2 heterocycles. The Labute approximate surface area is 107 Å². The number of nitrogens with zero attached hydrogens (tertiary/aromatic N) is 4. The van der Waals surface area contributed by atoms with Crippen LogP contribution >= 0.6 is 0 Å². The van der Waals surface area contributed by atoms with E-state index in [1.54, 1.807) is 11.8 Å². The van der Waals surface area contributed by atoms with Crippen molar-refractivity contribution in [1.29, 1.82) is 0 Å². The van der Waals surface area contributed by atoms with Crippen LogP contribution in [0.3, 0.4) is 0 Å². The topological polar surface area (TPSA) is 62.5 Å². The fourth-order valence-electron chi connectivity index (χ4n) is 1.98. The van der Waals surface area contributed by atoms with Gasteiger partial charge in [0.1, 0.15) is 5.82 Å². The zero-order valence-electron chi connectivity index (χ0n) is 11.3. The molecule has 98 valence electrons. The smallest absolute Gasteiger partial charge is 0.226 e. The maximum atomic E-state index is 11.5. The molecule has 6 heteroatoms. The first-order valence-corrected chi connectivity index (χ1v) is 6.14. The molecule has 0 unspecified atom stereocenters. The predicted octanol–water partition coefficient (Wildman–Crippen LogP) is 1.40. The lowest BCUT2D eigenvalue weighted by atomic mass is 10.4. The molecule has 0 aromatic carbocycles. The van der Waals surface area contributed by atoms with Gasteiger partial charge >= 0.3 is 0 Å². The van der Waals surface area contributed by atoms with Gasteiger partial charge in [-0.3, -0.25) is 14.7 Å². The molecule has 0 atom stereocenters. The maximum Gasteiger partial charge on any atom is 0.226 e. The summed E-state index contributed by atoms with van der Waals surface area (Å²) in [5, 5.41) is 7.62. The molecule has 2 rings (SSSR count). The van der Waals surface area contributed by atoms with Crippen LogP contribution < -0.4 is 5.32 Å². The van der Waals surface area contributed by atoms with Gasteiger partial charge in [0.25, 0.3) is 0 Å². The van der Waals surface area contributed by atoms with Gasteiger partial charge in [0, 0.05) is 25.6 Å². The molecule has 0 bridgehead atoms. The first-order chi connectivity index (χ1) is 8.49. The second kappa shape index (κ2) is 4.80. The van der Waals surface area contributed by atoms with E-state index in [-0.39, 0.29) is 11.9 Å². The van der Waals surface area contributed by atoms with Crippen LogP contribution in [0.15, 0.2) is 11.1 Å². The highest BCUT2D eigenvalue weighted by molar-refractivity contribution is 6.04. The molecule has 0 fully saturated rings. The fraction of sp³-hybridized carbons (Fsp3) is 0.583. The van der Waals surface area contributed by atoms with Gasteiger partial charge in [0.2, 0.25) is 11.9 Å². The van der Waals surface area contributed by atoms with Gasteiger partial charge in [0.05, 0.1) is 12.2 Å². The van der Waals surface area contributed by atoms with Gasteiger partial charge in [-0.2, -0.15) is 5.10 Å². The number of hydrogen-bond donors (Lipinski definition) is 1. The van der Waals surface area contributed by atoms with E-state index < -0.39 is 0 Å². The molecule has 0 aliphatic carbocycles. The average Bonchev–Trinajstić information content (AvgIpc) is 2.85.